The summed E-state index contributed by atoms with van der Waals surface area (Å²) in [4.78, 5) is 0. The first-order valence-corrected chi connectivity index (χ1v) is 4.41. The maximum absolute atomic E-state index is 3.95. The van der Waals surface area contributed by atoms with E-state index in [2.05, 4.69) is 39.2 Å². The molecule has 0 saturated carbocycles. The zero-order valence-corrected chi connectivity index (χ0v) is 8.80. The van der Waals surface area contributed by atoms with E-state index in [1.165, 1.54) is 11.1 Å². The van der Waals surface area contributed by atoms with Crippen molar-refractivity contribution in [3.63, 3.8) is 0 Å². The molecule has 0 spiro atoms. The summed E-state index contributed by atoms with van der Waals surface area (Å²) in [6, 6.07) is 0. The smallest absolute Gasteiger partial charge is 0.0299 e. The molecule has 0 aliphatic rings. The number of hydrogen-bond acceptors (Lipinski definition) is 0. The monoisotopic (exact) mass is 174 g/mol. The molecule has 0 N–H and O–H groups in total. The Morgan fingerprint density at radius 3 is 2.31 bits per heavy atom. The molecule has 0 aromatic rings. The molecule has 0 rings (SSSR count). The van der Waals surface area contributed by atoms with Crippen molar-refractivity contribution in [2.45, 2.75) is 20.8 Å². The second-order valence-corrected chi connectivity index (χ2v) is 2.98. The fourth-order valence-electron chi connectivity index (χ4n) is 0.833. The lowest BCUT2D eigenvalue weighted by atomic mass is 10.1. The normalized spacial score (nSPS) is 13.5. The molecule has 13 heavy (non-hydrogen) atoms. The summed E-state index contributed by atoms with van der Waals surface area (Å²) in [5.41, 5.74) is 3.47. The van der Waals surface area contributed by atoms with Crippen LogP contribution in [-0.4, -0.2) is 0 Å². The molecular weight excluding hydrogens is 156 g/mol. The van der Waals surface area contributed by atoms with Gasteiger partial charge in [0.1, 0.15) is 0 Å². The molecule has 0 bridgehead atoms. The molecule has 0 nitrogen and oxygen atoms in total. The Balaban J connectivity index is 4.51. The Morgan fingerprint density at radius 1 is 1.23 bits per heavy atom. The first-order valence-electron chi connectivity index (χ1n) is 4.41. The van der Waals surface area contributed by atoms with Crippen molar-refractivity contribution in [1.82, 2.24) is 0 Å². The van der Waals surface area contributed by atoms with E-state index in [1.807, 2.05) is 19.1 Å². The van der Waals surface area contributed by atoms with Crippen LogP contribution in [0.15, 0.2) is 60.3 Å². The van der Waals surface area contributed by atoms with Crippen LogP contribution in [0.5, 0.6) is 0 Å². The van der Waals surface area contributed by atoms with Gasteiger partial charge >= 0.3 is 0 Å². The lowest BCUT2D eigenvalue weighted by Gasteiger charge is -1.99. The maximum atomic E-state index is 3.95. The summed E-state index contributed by atoms with van der Waals surface area (Å²) < 4.78 is 0. The average Bonchev–Trinajstić information content (AvgIpc) is 2.13. The molecule has 0 aromatic heterocycles. The largest absolute Gasteiger partial charge is 0.0991 e. The topological polar surface area (TPSA) is 0 Å². The van der Waals surface area contributed by atoms with E-state index in [0.29, 0.717) is 0 Å². The van der Waals surface area contributed by atoms with Crippen LogP contribution in [-0.2, 0) is 0 Å². The molecule has 0 saturated heterocycles. The first kappa shape index (κ1) is 11.7. The lowest BCUT2D eigenvalue weighted by molar-refractivity contribution is 1.38. The second-order valence-electron chi connectivity index (χ2n) is 2.98. The summed E-state index contributed by atoms with van der Waals surface area (Å²) >= 11 is 0. The van der Waals surface area contributed by atoms with E-state index >= 15 is 0 Å². The highest BCUT2D eigenvalue weighted by Crippen LogP contribution is 2.11. The van der Waals surface area contributed by atoms with Gasteiger partial charge in [0.2, 0.25) is 0 Å². The Hall–Kier alpha value is -1.30. The summed E-state index contributed by atoms with van der Waals surface area (Å²) in [5, 5.41) is 0. The third-order valence-electron chi connectivity index (χ3n) is 1.84. The van der Waals surface area contributed by atoms with Crippen molar-refractivity contribution in [2.24, 2.45) is 0 Å². The number of allylic oxidation sites excluding steroid dienone is 8. The Kier molecular flexibility index (Phi) is 5.62. The van der Waals surface area contributed by atoms with Crippen LogP contribution in [0, 0.1) is 0 Å². The summed E-state index contributed by atoms with van der Waals surface area (Å²) in [5.74, 6) is 0. The van der Waals surface area contributed by atoms with E-state index < -0.39 is 0 Å². The molecule has 0 heteroatoms. The van der Waals surface area contributed by atoms with Crippen molar-refractivity contribution in [1.29, 1.82) is 0 Å². The highest BCUT2D eigenvalue weighted by molar-refractivity contribution is 5.40. The first-order chi connectivity index (χ1) is 6.11. The van der Waals surface area contributed by atoms with Crippen LogP contribution in [0.2, 0.25) is 0 Å². The SMILES string of the molecule is C=C/C=C\C(=C)/C(C)=C/C(C)=C\C. The third-order valence-corrected chi connectivity index (χ3v) is 1.84. The predicted molar refractivity (Wildman–Crippen MR) is 61.7 cm³/mol. The van der Waals surface area contributed by atoms with Gasteiger partial charge in [0, 0.05) is 0 Å². The zero-order chi connectivity index (χ0) is 10.3. The van der Waals surface area contributed by atoms with Gasteiger partial charge in [-0.15, -0.1) is 0 Å². The molecule has 70 valence electrons. The van der Waals surface area contributed by atoms with Gasteiger partial charge < -0.3 is 0 Å². The highest BCUT2D eigenvalue weighted by atomic mass is 14.0. The van der Waals surface area contributed by atoms with Crippen LogP contribution in [0.4, 0.5) is 0 Å². The fraction of sp³-hybridized carbons (Fsp3) is 0.231. The van der Waals surface area contributed by atoms with Gasteiger partial charge in [0.15, 0.2) is 0 Å². The summed E-state index contributed by atoms with van der Waals surface area (Å²) in [7, 11) is 0. The van der Waals surface area contributed by atoms with Crippen molar-refractivity contribution >= 4 is 0 Å². The highest BCUT2D eigenvalue weighted by Gasteiger charge is 1.91. The lowest BCUT2D eigenvalue weighted by Crippen LogP contribution is -1.79. The summed E-state index contributed by atoms with van der Waals surface area (Å²) in [6.07, 6.45) is 9.80. The molecule has 0 unspecified atom stereocenters. The minimum atomic E-state index is 1.03. The van der Waals surface area contributed by atoms with E-state index in [1.54, 1.807) is 6.08 Å². The van der Waals surface area contributed by atoms with Gasteiger partial charge in [-0.1, -0.05) is 49.1 Å². The van der Waals surface area contributed by atoms with Crippen LogP contribution >= 0.6 is 0 Å². The maximum Gasteiger partial charge on any atom is -0.0299 e. The minimum Gasteiger partial charge on any atom is -0.0991 e. The number of hydrogen-bond donors (Lipinski definition) is 0. The average molecular weight is 174 g/mol. The van der Waals surface area contributed by atoms with E-state index in [9.17, 15) is 0 Å². The molecule has 0 aliphatic carbocycles. The van der Waals surface area contributed by atoms with Crippen molar-refractivity contribution in [2.75, 3.05) is 0 Å². The van der Waals surface area contributed by atoms with Gasteiger partial charge in [-0.3, -0.25) is 0 Å². The van der Waals surface area contributed by atoms with Crippen LogP contribution in [0.1, 0.15) is 20.8 Å². The third kappa shape index (κ3) is 5.02. The fourth-order valence-corrected chi connectivity index (χ4v) is 0.833. The minimum absolute atomic E-state index is 1.03. The molecule has 0 heterocycles. The predicted octanol–water partition coefficient (Wildman–Crippen LogP) is 4.20. The van der Waals surface area contributed by atoms with E-state index in [-0.39, 0.29) is 0 Å². The van der Waals surface area contributed by atoms with Crippen LogP contribution in [0.25, 0.3) is 0 Å². The molecule has 0 aliphatic heterocycles. The quantitative estimate of drug-likeness (QED) is 0.560. The van der Waals surface area contributed by atoms with Gasteiger partial charge in [-0.25, -0.2) is 0 Å². The van der Waals surface area contributed by atoms with Crippen LogP contribution < -0.4 is 0 Å². The molecule has 0 fully saturated rings. The van der Waals surface area contributed by atoms with Gasteiger partial charge in [-0.05, 0) is 31.9 Å². The van der Waals surface area contributed by atoms with Crippen LogP contribution in [0.3, 0.4) is 0 Å². The van der Waals surface area contributed by atoms with Crippen molar-refractivity contribution in [3.05, 3.63) is 60.3 Å². The second kappa shape index (κ2) is 6.24. The van der Waals surface area contributed by atoms with Gasteiger partial charge in [0.05, 0.1) is 0 Å². The standard InChI is InChI=1S/C13H18/c1-6-8-9-12(4)13(5)10-11(3)7-2/h6-10H,1,4H2,2-3,5H3/b9-8-,11-7-,13-10+. The van der Waals surface area contributed by atoms with E-state index in [0.717, 1.165) is 5.57 Å². The zero-order valence-electron chi connectivity index (χ0n) is 8.80. The Morgan fingerprint density at radius 2 is 1.85 bits per heavy atom. The molecule has 0 aromatic carbocycles. The Bertz CT molecular complexity index is 272. The van der Waals surface area contributed by atoms with Gasteiger partial charge in [0.25, 0.3) is 0 Å². The summed E-state index contributed by atoms with van der Waals surface area (Å²) in [6.45, 7) is 13.7. The number of rotatable bonds is 4. The van der Waals surface area contributed by atoms with Gasteiger partial charge in [-0.2, -0.15) is 0 Å². The van der Waals surface area contributed by atoms with Crippen molar-refractivity contribution in [3.8, 4) is 0 Å². The Labute approximate surface area is 81.7 Å². The molecule has 0 radical (unpaired) electrons. The molecule has 0 atom stereocenters. The molecular formula is C13H18. The van der Waals surface area contributed by atoms with Crippen molar-refractivity contribution < 1.29 is 0 Å². The molecule has 0 amide bonds. The van der Waals surface area contributed by atoms with E-state index in [4.69, 9.17) is 0 Å².